The Morgan fingerprint density at radius 3 is 2.15 bits per heavy atom. The fourth-order valence-corrected chi connectivity index (χ4v) is 7.89. The highest BCUT2D eigenvalue weighted by molar-refractivity contribution is 7.19. The molecule has 3 amide bonds. The van der Waals surface area contributed by atoms with Gasteiger partial charge in [0.1, 0.15) is 6.07 Å². The van der Waals surface area contributed by atoms with Gasteiger partial charge < -0.3 is 9.42 Å². The number of rotatable bonds is 10. The maximum Gasteiger partial charge on any atom is 0.261 e. The fraction of sp³-hybridized carbons (Fsp3) is 0.143. The zero-order valence-corrected chi connectivity index (χ0v) is 30.3. The topological polar surface area (TPSA) is 123 Å². The number of fused-ring (bicyclic) bond motifs is 1. The number of nitrogens with zero attached hydrogens (tertiary/aromatic N) is 6. The molecule has 8 rings (SSSR count). The first-order valence-electron chi connectivity index (χ1n) is 17.3. The molecule has 0 saturated carbocycles. The quantitative estimate of drug-likeness (QED) is 0.104. The summed E-state index contributed by atoms with van der Waals surface area (Å²) in [5.74, 6) is -0.378. The van der Waals surface area contributed by atoms with Crippen molar-refractivity contribution in [3.63, 3.8) is 0 Å². The third-order valence-corrected chi connectivity index (χ3v) is 10.7. The Bertz CT molecular complexity index is 2380. The van der Waals surface area contributed by atoms with Crippen molar-refractivity contribution in [3.8, 4) is 16.7 Å². The lowest BCUT2D eigenvalue weighted by Gasteiger charge is -2.42. The Morgan fingerprint density at radius 2 is 1.52 bits per heavy atom. The molecule has 1 fully saturated rings. The van der Waals surface area contributed by atoms with Crippen molar-refractivity contribution in [2.24, 2.45) is 4.99 Å². The number of nitriles is 1. The number of carbonyl (C=O) groups is 3. The highest BCUT2D eigenvalue weighted by atomic mass is 35.5. The number of carbonyl (C=O) groups excluding carboxylic acids is 3. The van der Waals surface area contributed by atoms with Crippen LogP contribution in [-0.2, 0) is 17.9 Å². The van der Waals surface area contributed by atoms with Crippen LogP contribution in [0.25, 0.3) is 10.6 Å². The summed E-state index contributed by atoms with van der Waals surface area (Å²) < 4.78 is 6.23. The molecule has 2 aliphatic heterocycles. The van der Waals surface area contributed by atoms with E-state index in [0.29, 0.717) is 57.0 Å². The molecular weight excluding hydrogens is 720 g/mol. The SMILES string of the molecule is N#Cc1ccc(CN2C(=O)CN(Cc3cc(-c4ccc(Cl)s4)on3)C[C@@H]2CN2C(=O)c3ccccc3C2=O)cc1N=C(c1ccccc1)c1ccccc1. The van der Waals surface area contributed by atoms with Crippen molar-refractivity contribution >= 4 is 52.1 Å². The molecule has 2 aromatic heterocycles. The molecule has 0 spiro atoms. The predicted molar refractivity (Wildman–Crippen MR) is 206 cm³/mol. The van der Waals surface area contributed by atoms with Crippen LogP contribution in [0.5, 0.6) is 0 Å². The summed E-state index contributed by atoms with van der Waals surface area (Å²) in [7, 11) is 0. The minimum Gasteiger partial charge on any atom is -0.355 e. The van der Waals surface area contributed by atoms with Crippen molar-refractivity contribution in [3.05, 3.63) is 165 Å². The summed E-state index contributed by atoms with van der Waals surface area (Å²) in [6, 6.07) is 38.8. The van der Waals surface area contributed by atoms with Gasteiger partial charge in [-0.2, -0.15) is 5.26 Å². The van der Waals surface area contributed by atoms with Crippen LogP contribution in [0.1, 0.15) is 48.7 Å². The Balaban J connectivity index is 1.10. The molecule has 4 heterocycles. The van der Waals surface area contributed by atoms with E-state index in [1.807, 2.05) is 89.8 Å². The molecule has 0 aliphatic carbocycles. The molecule has 0 unspecified atom stereocenters. The number of thiophene rings is 1. The summed E-state index contributed by atoms with van der Waals surface area (Å²) >= 11 is 7.51. The molecule has 6 aromatic rings. The monoisotopic (exact) mass is 750 g/mol. The number of imide groups is 1. The standard InChI is InChI=1S/C42H31ClN6O4S/c43-38-18-17-37(54-38)36-20-31(46-53-36)23-47-24-32(25-49-41(51)33-13-7-8-14-34(33)42(49)52)48(39(50)26-47)22-27-15-16-30(21-44)35(19-27)45-40(28-9-3-1-4-10-28)29-11-5-2-6-12-29/h1-20,32H,22-26H2/t32-/m1/s1. The highest BCUT2D eigenvalue weighted by Gasteiger charge is 2.41. The molecule has 0 bridgehead atoms. The molecule has 266 valence electrons. The first-order chi connectivity index (χ1) is 26.3. The van der Waals surface area contributed by atoms with E-state index >= 15 is 0 Å². The van der Waals surface area contributed by atoms with E-state index in [1.54, 1.807) is 41.3 Å². The lowest BCUT2D eigenvalue weighted by molar-refractivity contribution is -0.141. The average molecular weight is 751 g/mol. The number of benzene rings is 4. The predicted octanol–water partition coefficient (Wildman–Crippen LogP) is 7.61. The third-order valence-electron chi connectivity index (χ3n) is 9.48. The van der Waals surface area contributed by atoms with Crippen LogP contribution in [0.3, 0.4) is 0 Å². The molecule has 0 radical (unpaired) electrons. The zero-order valence-electron chi connectivity index (χ0n) is 28.8. The van der Waals surface area contributed by atoms with Crippen LogP contribution < -0.4 is 0 Å². The number of piperazine rings is 1. The largest absolute Gasteiger partial charge is 0.355 e. The molecule has 54 heavy (non-hydrogen) atoms. The van der Waals surface area contributed by atoms with Crippen LogP contribution >= 0.6 is 22.9 Å². The van der Waals surface area contributed by atoms with Crippen LogP contribution in [0.4, 0.5) is 5.69 Å². The van der Waals surface area contributed by atoms with E-state index < -0.39 is 6.04 Å². The Morgan fingerprint density at radius 1 is 0.852 bits per heavy atom. The van der Waals surface area contributed by atoms with Crippen molar-refractivity contribution in [2.45, 2.75) is 19.1 Å². The first kappa shape index (κ1) is 34.9. The second-order valence-corrected chi connectivity index (χ2v) is 14.8. The van der Waals surface area contributed by atoms with Gasteiger partial charge in [0.05, 0.1) is 62.1 Å². The Labute approximate surface area is 320 Å². The zero-order chi connectivity index (χ0) is 37.2. The van der Waals surface area contributed by atoms with Gasteiger partial charge in [0.2, 0.25) is 5.91 Å². The van der Waals surface area contributed by atoms with Crippen molar-refractivity contribution < 1.29 is 18.9 Å². The maximum absolute atomic E-state index is 14.1. The average Bonchev–Trinajstić information content (AvgIpc) is 3.91. The summed E-state index contributed by atoms with van der Waals surface area (Å²) in [6.45, 7) is 0.935. The molecule has 1 saturated heterocycles. The van der Waals surface area contributed by atoms with Crippen molar-refractivity contribution in [1.82, 2.24) is 19.9 Å². The molecule has 4 aromatic carbocycles. The van der Waals surface area contributed by atoms with Gasteiger partial charge in [0.25, 0.3) is 11.8 Å². The minimum atomic E-state index is -0.553. The van der Waals surface area contributed by atoms with E-state index in [-0.39, 0.29) is 37.4 Å². The highest BCUT2D eigenvalue weighted by Crippen LogP contribution is 2.32. The van der Waals surface area contributed by atoms with Gasteiger partial charge in [-0.3, -0.25) is 24.2 Å². The van der Waals surface area contributed by atoms with Gasteiger partial charge in [0, 0.05) is 36.8 Å². The van der Waals surface area contributed by atoms with E-state index in [0.717, 1.165) is 21.6 Å². The number of halogens is 1. The van der Waals surface area contributed by atoms with Crippen molar-refractivity contribution in [1.29, 1.82) is 5.26 Å². The number of hydrogen-bond donors (Lipinski definition) is 0. The molecule has 10 nitrogen and oxygen atoms in total. The number of hydrogen-bond acceptors (Lipinski definition) is 9. The lowest BCUT2D eigenvalue weighted by Crippen LogP contribution is -2.59. The van der Waals surface area contributed by atoms with Crippen LogP contribution in [0.2, 0.25) is 4.34 Å². The molecule has 0 N–H and O–H groups in total. The summed E-state index contributed by atoms with van der Waals surface area (Å²) in [5.41, 5.74) is 5.42. The van der Waals surface area contributed by atoms with E-state index in [4.69, 9.17) is 21.1 Å². The maximum atomic E-state index is 14.1. The smallest absolute Gasteiger partial charge is 0.261 e. The van der Waals surface area contributed by atoms with E-state index in [1.165, 1.54) is 16.2 Å². The van der Waals surface area contributed by atoms with Gasteiger partial charge in [-0.1, -0.05) is 95.6 Å². The molecule has 12 heteroatoms. The van der Waals surface area contributed by atoms with Gasteiger partial charge in [-0.15, -0.1) is 11.3 Å². The second kappa shape index (κ2) is 15.0. The molecule has 2 aliphatic rings. The van der Waals surface area contributed by atoms with Gasteiger partial charge in [-0.05, 0) is 42.0 Å². The lowest BCUT2D eigenvalue weighted by atomic mass is 10.0. The number of aromatic nitrogens is 1. The van der Waals surface area contributed by atoms with Crippen LogP contribution in [0, 0.1) is 11.3 Å². The Kier molecular flexibility index (Phi) is 9.71. The minimum absolute atomic E-state index is 0.000200. The third kappa shape index (κ3) is 7.10. The summed E-state index contributed by atoms with van der Waals surface area (Å²) in [5, 5.41) is 14.3. The van der Waals surface area contributed by atoms with Crippen LogP contribution in [0.15, 0.2) is 131 Å². The summed E-state index contributed by atoms with van der Waals surface area (Å²) in [4.78, 5) is 51.9. The Hall–Kier alpha value is -6.19. The molecular formula is C42H31ClN6O4S. The van der Waals surface area contributed by atoms with Gasteiger partial charge >= 0.3 is 0 Å². The first-order valence-corrected chi connectivity index (χ1v) is 18.4. The fourth-order valence-electron chi connectivity index (χ4n) is 6.90. The van der Waals surface area contributed by atoms with Crippen molar-refractivity contribution in [2.75, 3.05) is 19.6 Å². The van der Waals surface area contributed by atoms with Gasteiger partial charge in [-0.25, -0.2) is 4.99 Å². The number of aliphatic imine (C=N–C) groups is 1. The van der Waals surface area contributed by atoms with Gasteiger partial charge in [0.15, 0.2) is 5.76 Å². The number of amides is 3. The van der Waals surface area contributed by atoms with E-state index in [2.05, 4.69) is 11.2 Å². The molecule has 1 atom stereocenters. The summed E-state index contributed by atoms with van der Waals surface area (Å²) in [6.07, 6.45) is 0. The normalized spacial score (nSPS) is 15.7. The van der Waals surface area contributed by atoms with E-state index in [9.17, 15) is 19.6 Å². The second-order valence-electron chi connectivity index (χ2n) is 13.1. The van der Waals surface area contributed by atoms with Crippen LogP contribution in [-0.4, -0.2) is 69.0 Å².